The highest BCUT2D eigenvalue weighted by Gasteiger charge is 2.32. The van der Waals surface area contributed by atoms with Crippen LogP contribution in [0.1, 0.15) is 65.3 Å². The lowest BCUT2D eigenvalue weighted by atomic mass is 9.77. The van der Waals surface area contributed by atoms with E-state index in [0.717, 1.165) is 43.2 Å². The van der Waals surface area contributed by atoms with Crippen molar-refractivity contribution in [1.82, 2.24) is 14.9 Å². The molecule has 198 valence electrons. The van der Waals surface area contributed by atoms with Gasteiger partial charge in [-0.3, -0.25) is 19.8 Å². The summed E-state index contributed by atoms with van der Waals surface area (Å²) >= 11 is 0. The number of rotatable bonds is 7. The number of hydrogen-bond donors (Lipinski definition) is 1. The van der Waals surface area contributed by atoms with Gasteiger partial charge in [0.15, 0.2) is 6.29 Å². The molecule has 3 amide bonds. The van der Waals surface area contributed by atoms with Crippen LogP contribution < -0.4 is 10.2 Å². The number of nitrogens with zero attached hydrogens (tertiary/aromatic N) is 5. The van der Waals surface area contributed by atoms with Crippen LogP contribution in [0.15, 0.2) is 18.3 Å². The van der Waals surface area contributed by atoms with Crippen molar-refractivity contribution in [3.63, 3.8) is 0 Å². The van der Waals surface area contributed by atoms with Crippen molar-refractivity contribution in [1.29, 1.82) is 5.26 Å². The standard InChI is InChI=1S/C28H32N6O4/c1-17-7-9-33(27(17)36)15-21-11-19-4-3-8-34(26(19)31-23(21)16-35)28(37)32-25-12-20(22(13-29)14-30-25)10-18-5-6-24(18)38-2/h11-12,14,16-18,24H,3-10,15H2,1-2H3,(H,30,32,37)/t17-,18+,24+/m0/s1. The molecular weight excluding hydrogens is 484 g/mol. The molecule has 2 aliphatic heterocycles. The van der Waals surface area contributed by atoms with Gasteiger partial charge >= 0.3 is 6.03 Å². The Labute approximate surface area is 222 Å². The van der Waals surface area contributed by atoms with Crippen LogP contribution in [0.3, 0.4) is 0 Å². The second-order valence-corrected chi connectivity index (χ2v) is 10.4. The number of aryl methyl sites for hydroxylation is 1. The van der Waals surface area contributed by atoms with Crippen LogP contribution >= 0.6 is 0 Å². The molecule has 1 N–H and O–H groups in total. The third-order valence-corrected chi connectivity index (χ3v) is 8.04. The number of amides is 3. The highest BCUT2D eigenvalue weighted by molar-refractivity contribution is 6.01. The minimum absolute atomic E-state index is 0.00840. The molecule has 3 atom stereocenters. The predicted octanol–water partition coefficient (Wildman–Crippen LogP) is 3.48. The number of ether oxygens (including phenoxy) is 1. The van der Waals surface area contributed by atoms with E-state index in [1.54, 1.807) is 18.1 Å². The molecule has 0 spiro atoms. The number of carbonyl (C=O) groups excluding carboxylic acids is 3. The van der Waals surface area contributed by atoms with Gasteiger partial charge in [-0.1, -0.05) is 6.92 Å². The zero-order valence-electron chi connectivity index (χ0n) is 21.8. The normalized spacial score (nSPS) is 22.4. The van der Waals surface area contributed by atoms with Gasteiger partial charge < -0.3 is 9.64 Å². The first-order chi connectivity index (χ1) is 18.4. The summed E-state index contributed by atoms with van der Waals surface area (Å²) in [4.78, 5) is 49.8. The summed E-state index contributed by atoms with van der Waals surface area (Å²) in [6.07, 6.45) is 7.37. The number of pyridine rings is 2. The third-order valence-electron chi connectivity index (χ3n) is 8.04. The zero-order valence-corrected chi connectivity index (χ0v) is 21.8. The number of aromatic nitrogens is 2. The first kappa shape index (κ1) is 25.8. The lowest BCUT2D eigenvalue weighted by Gasteiger charge is -2.35. The van der Waals surface area contributed by atoms with E-state index in [2.05, 4.69) is 21.4 Å². The van der Waals surface area contributed by atoms with Crippen LogP contribution in [-0.4, -0.2) is 59.4 Å². The first-order valence-corrected chi connectivity index (χ1v) is 13.2. The van der Waals surface area contributed by atoms with E-state index in [1.165, 1.54) is 11.1 Å². The summed E-state index contributed by atoms with van der Waals surface area (Å²) in [5, 5.41) is 12.4. The van der Waals surface area contributed by atoms with E-state index in [4.69, 9.17) is 4.74 Å². The molecule has 2 aromatic rings. The van der Waals surface area contributed by atoms with Crippen LogP contribution in [-0.2, 0) is 28.9 Å². The van der Waals surface area contributed by atoms with Gasteiger partial charge in [-0.25, -0.2) is 14.8 Å². The van der Waals surface area contributed by atoms with Gasteiger partial charge in [0, 0.05) is 44.4 Å². The molecule has 5 rings (SSSR count). The average molecular weight is 517 g/mol. The van der Waals surface area contributed by atoms with Crippen LogP contribution in [0.4, 0.5) is 16.4 Å². The Morgan fingerprint density at radius 2 is 2.11 bits per heavy atom. The monoisotopic (exact) mass is 516 g/mol. The smallest absolute Gasteiger partial charge is 0.328 e. The molecule has 10 nitrogen and oxygen atoms in total. The van der Waals surface area contributed by atoms with Gasteiger partial charge in [0.1, 0.15) is 23.4 Å². The molecular formula is C28H32N6O4. The summed E-state index contributed by atoms with van der Waals surface area (Å²) in [7, 11) is 1.70. The minimum Gasteiger partial charge on any atom is -0.381 e. The zero-order chi connectivity index (χ0) is 26.8. The molecule has 0 unspecified atom stereocenters. The Morgan fingerprint density at radius 1 is 1.26 bits per heavy atom. The highest BCUT2D eigenvalue weighted by atomic mass is 16.5. The minimum atomic E-state index is -0.395. The summed E-state index contributed by atoms with van der Waals surface area (Å²) in [6.45, 7) is 3.37. The Hall–Kier alpha value is -3.84. The lowest BCUT2D eigenvalue weighted by molar-refractivity contribution is -0.131. The predicted molar refractivity (Wildman–Crippen MR) is 140 cm³/mol. The highest BCUT2D eigenvalue weighted by Crippen LogP contribution is 2.34. The lowest BCUT2D eigenvalue weighted by Crippen LogP contribution is -2.40. The molecule has 0 radical (unpaired) electrons. The van der Waals surface area contributed by atoms with Crippen LogP contribution in [0.25, 0.3) is 0 Å². The topological polar surface area (TPSA) is 129 Å². The van der Waals surface area contributed by atoms with Gasteiger partial charge in [-0.2, -0.15) is 5.26 Å². The second kappa shape index (κ2) is 10.9. The Balaban J connectivity index is 1.35. The number of aldehydes is 1. The van der Waals surface area contributed by atoms with Crippen LogP contribution in [0.2, 0.25) is 0 Å². The molecule has 2 aromatic heterocycles. The third kappa shape index (κ3) is 4.98. The Morgan fingerprint density at radius 3 is 2.76 bits per heavy atom. The van der Waals surface area contributed by atoms with Crippen LogP contribution in [0, 0.1) is 23.2 Å². The number of carbonyl (C=O) groups is 3. The fourth-order valence-electron chi connectivity index (χ4n) is 5.62. The number of methoxy groups -OCH3 is 1. The van der Waals surface area contributed by atoms with E-state index < -0.39 is 6.03 Å². The Kier molecular flexibility index (Phi) is 7.38. The maximum atomic E-state index is 13.3. The molecule has 10 heteroatoms. The van der Waals surface area contributed by atoms with Crippen molar-refractivity contribution in [2.45, 2.75) is 58.1 Å². The van der Waals surface area contributed by atoms with Crippen molar-refractivity contribution >= 4 is 29.9 Å². The Bertz CT molecular complexity index is 1300. The number of urea groups is 1. The van der Waals surface area contributed by atoms with Gasteiger partial charge in [-0.15, -0.1) is 0 Å². The van der Waals surface area contributed by atoms with Crippen molar-refractivity contribution in [2.24, 2.45) is 11.8 Å². The fourth-order valence-corrected chi connectivity index (χ4v) is 5.62. The van der Waals surface area contributed by atoms with Crippen molar-refractivity contribution < 1.29 is 19.1 Å². The summed E-state index contributed by atoms with van der Waals surface area (Å²) in [5.41, 5.74) is 3.13. The fraction of sp³-hybridized carbons (Fsp3) is 0.500. The van der Waals surface area contributed by atoms with Crippen molar-refractivity contribution in [3.8, 4) is 6.07 Å². The van der Waals surface area contributed by atoms with Gasteiger partial charge in [-0.05, 0) is 67.7 Å². The number of nitrogens with one attached hydrogen (secondary N) is 1. The molecule has 0 bridgehead atoms. The molecule has 1 saturated carbocycles. The molecule has 2 fully saturated rings. The molecule has 0 aromatic carbocycles. The maximum absolute atomic E-state index is 13.3. The van der Waals surface area contributed by atoms with Crippen molar-refractivity contribution in [3.05, 3.63) is 46.3 Å². The SMILES string of the molecule is CO[C@@H]1CC[C@@H]1Cc1cc(NC(=O)N2CCCc3cc(CN4CC[C@H](C)C4=O)c(C=O)nc32)ncc1C#N. The van der Waals surface area contributed by atoms with Crippen LogP contribution in [0.5, 0.6) is 0 Å². The maximum Gasteiger partial charge on any atom is 0.328 e. The molecule has 3 aliphatic rings. The molecule has 1 saturated heterocycles. The van der Waals surface area contributed by atoms with Crippen molar-refractivity contribution in [2.75, 3.05) is 30.4 Å². The average Bonchev–Trinajstić information content (AvgIpc) is 3.22. The van der Waals surface area contributed by atoms with E-state index in [9.17, 15) is 19.6 Å². The summed E-state index contributed by atoms with van der Waals surface area (Å²) in [6, 6.07) is 5.46. The summed E-state index contributed by atoms with van der Waals surface area (Å²) < 4.78 is 5.50. The number of anilines is 2. The quantitative estimate of drug-likeness (QED) is 0.558. The van der Waals surface area contributed by atoms with Gasteiger partial charge in [0.05, 0.1) is 11.7 Å². The summed E-state index contributed by atoms with van der Waals surface area (Å²) in [5.74, 6) is 1.23. The molecule has 38 heavy (non-hydrogen) atoms. The largest absolute Gasteiger partial charge is 0.381 e. The van der Waals surface area contributed by atoms with Gasteiger partial charge in [0.2, 0.25) is 5.91 Å². The second-order valence-electron chi connectivity index (χ2n) is 10.4. The van der Waals surface area contributed by atoms with Gasteiger partial charge in [0.25, 0.3) is 0 Å². The number of fused-ring (bicyclic) bond motifs is 1. The number of hydrogen-bond acceptors (Lipinski definition) is 7. The van der Waals surface area contributed by atoms with E-state index in [1.807, 2.05) is 13.0 Å². The van der Waals surface area contributed by atoms with E-state index in [-0.39, 0.29) is 23.6 Å². The van der Waals surface area contributed by atoms with E-state index >= 15 is 0 Å². The first-order valence-electron chi connectivity index (χ1n) is 13.2. The number of nitriles is 1. The van der Waals surface area contributed by atoms with E-state index in [0.29, 0.717) is 61.0 Å². The molecule has 1 aliphatic carbocycles. The number of likely N-dealkylation sites (tertiary alicyclic amines) is 1. The molecule has 4 heterocycles.